The van der Waals surface area contributed by atoms with E-state index in [0.29, 0.717) is 22.6 Å². The van der Waals surface area contributed by atoms with Gasteiger partial charge in [0.05, 0.1) is 11.7 Å². The zero-order chi connectivity index (χ0) is 25.3. The Bertz CT molecular complexity index is 1260. The molecule has 0 radical (unpaired) electrons. The van der Waals surface area contributed by atoms with Crippen molar-refractivity contribution < 1.29 is 14.3 Å². The van der Waals surface area contributed by atoms with E-state index in [0.717, 1.165) is 16.7 Å². The monoisotopic (exact) mass is 497 g/mol. The highest BCUT2D eigenvalue weighted by Crippen LogP contribution is 2.25. The maximum atomic E-state index is 12.9. The third-order valence-electron chi connectivity index (χ3n) is 5.73. The van der Waals surface area contributed by atoms with Crippen LogP contribution in [0.1, 0.15) is 52.5 Å². The Hall–Kier alpha value is -4.10. The summed E-state index contributed by atoms with van der Waals surface area (Å²) in [5.41, 5.74) is 3.72. The van der Waals surface area contributed by atoms with E-state index in [1.807, 2.05) is 67.6 Å². The van der Waals surface area contributed by atoms with Gasteiger partial charge in [-0.15, -0.1) is 12.6 Å². The van der Waals surface area contributed by atoms with Crippen LogP contribution in [0.4, 0.5) is 10.5 Å². The number of nitrogens with zero attached hydrogens (tertiary/aromatic N) is 1. The molecule has 182 valence electrons. The van der Waals surface area contributed by atoms with Gasteiger partial charge in [-0.2, -0.15) is 0 Å². The van der Waals surface area contributed by atoms with Gasteiger partial charge in [-0.25, -0.2) is 4.79 Å². The average Bonchev–Trinajstić information content (AvgIpc) is 2.92. The van der Waals surface area contributed by atoms with Gasteiger partial charge in [-0.1, -0.05) is 67.6 Å². The molecule has 0 saturated carbocycles. The minimum atomic E-state index is -0.535. The van der Waals surface area contributed by atoms with Crippen molar-refractivity contribution in [2.24, 2.45) is 0 Å². The second-order valence-corrected chi connectivity index (χ2v) is 8.65. The minimum absolute atomic E-state index is 0.239. The molecule has 0 aliphatic rings. The summed E-state index contributed by atoms with van der Waals surface area (Å²) in [6.07, 6.45) is 3.00. The highest BCUT2D eigenvalue weighted by Gasteiger charge is 2.21. The summed E-state index contributed by atoms with van der Waals surface area (Å²) >= 11 is 4.37. The first kappa shape index (κ1) is 25.0. The smallest absolute Gasteiger partial charge is 0.408 e. The Morgan fingerprint density at radius 2 is 1.56 bits per heavy atom. The maximum absolute atomic E-state index is 12.9. The number of para-hydroxylation sites is 1. The minimum Gasteiger partial charge on any atom is -0.441 e. The standard InChI is InChI=1S/C29H27N3O3S/c1-2-25(20-14-16-22(17-15-20)28(33)31-24-12-6-7-13-26(24)36)35-29(34)32-27(21-9-4-3-5-10-21)23-11-8-18-30-19-23/h3-19,25,27,36H,2H2,1H3,(H,31,33)(H,32,34)/t25-,27-/m0/s1. The van der Waals surface area contributed by atoms with Crippen molar-refractivity contribution >= 4 is 30.3 Å². The molecule has 2 N–H and O–H groups in total. The molecule has 0 saturated heterocycles. The number of alkyl carbamates (subject to hydrolysis) is 1. The van der Waals surface area contributed by atoms with E-state index < -0.39 is 18.2 Å². The number of aromatic nitrogens is 1. The number of amides is 2. The van der Waals surface area contributed by atoms with Gasteiger partial charge >= 0.3 is 6.09 Å². The topological polar surface area (TPSA) is 80.3 Å². The summed E-state index contributed by atoms with van der Waals surface area (Å²) in [7, 11) is 0. The predicted octanol–water partition coefficient (Wildman–Crippen LogP) is 6.59. The van der Waals surface area contributed by atoms with Crippen LogP contribution in [0.5, 0.6) is 0 Å². The highest BCUT2D eigenvalue weighted by atomic mass is 32.1. The molecule has 7 heteroatoms. The summed E-state index contributed by atoms with van der Waals surface area (Å²) in [5, 5.41) is 5.83. The van der Waals surface area contributed by atoms with E-state index in [9.17, 15) is 9.59 Å². The SMILES string of the molecule is CC[C@H](OC(=O)N[C@@H](c1ccccc1)c1cccnc1)c1ccc(C(=O)Nc2ccccc2S)cc1. The molecule has 3 aromatic carbocycles. The van der Waals surface area contributed by atoms with Gasteiger partial charge < -0.3 is 15.4 Å². The van der Waals surface area contributed by atoms with E-state index in [1.165, 1.54) is 0 Å². The second-order valence-electron chi connectivity index (χ2n) is 8.17. The van der Waals surface area contributed by atoms with E-state index in [-0.39, 0.29) is 5.91 Å². The fourth-order valence-corrected chi connectivity index (χ4v) is 4.06. The number of rotatable bonds is 8. The summed E-state index contributed by atoms with van der Waals surface area (Å²) in [4.78, 5) is 30.4. The van der Waals surface area contributed by atoms with Crippen LogP contribution in [0, 0.1) is 0 Å². The third-order valence-corrected chi connectivity index (χ3v) is 6.12. The predicted molar refractivity (Wildman–Crippen MR) is 143 cm³/mol. The molecule has 36 heavy (non-hydrogen) atoms. The number of carbonyl (C=O) groups is 2. The molecule has 0 bridgehead atoms. The van der Waals surface area contributed by atoms with Crippen LogP contribution >= 0.6 is 12.6 Å². The van der Waals surface area contributed by atoms with Gasteiger partial charge in [0.1, 0.15) is 6.10 Å². The Kier molecular flexibility index (Phi) is 8.36. The van der Waals surface area contributed by atoms with Gasteiger partial charge in [0, 0.05) is 22.9 Å². The third kappa shape index (κ3) is 6.31. The molecule has 0 aliphatic heterocycles. The molecular weight excluding hydrogens is 470 g/mol. The molecule has 2 amide bonds. The molecule has 4 aromatic rings. The molecule has 0 fully saturated rings. The van der Waals surface area contributed by atoms with Crippen LogP contribution in [0.25, 0.3) is 0 Å². The van der Waals surface area contributed by atoms with E-state index >= 15 is 0 Å². The van der Waals surface area contributed by atoms with Crippen LogP contribution in [-0.2, 0) is 4.74 Å². The lowest BCUT2D eigenvalue weighted by Crippen LogP contribution is -2.31. The molecule has 0 spiro atoms. The van der Waals surface area contributed by atoms with Crippen LogP contribution in [0.3, 0.4) is 0 Å². The Morgan fingerprint density at radius 1 is 0.861 bits per heavy atom. The number of thiol groups is 1. The summed E-state index contributed by atoms with van der Waals surface area (Å²) < 4.78 is 5.79. The number of nitrogens with one attached hydrogen (secondary N) is 2. The molecular formula is C29H27N3O3S. The lowest BCUT2D eigenvalue weighted by atomic mass is 10.0. The summed E-state index contributed by atoms with van der Waals surface area (Å²) in [6, 6.07) is 27.4. The molecule has 0 aliphatic carbocycles. The first-order chi connectivity index (χ1) is 17.5. The first-order valence-electron chi connectivity index (χ1n) is 11.7. The maximum Gasteiger partial charge on any atom is 0.408 e. The number of anilines is 1. The molecule has 1 heterocycles. The fourth-order valence-electron chi connectivity index (χ4n) is 3.84. The Balaban J connectivity index is 1.44. The van der Waals surface area contributed by atoms with Crippen molar-refractivity contribution in [2.75, 3.05) is 5.32 Å². The van der Waals surface area contributed by atoms with Gasteiger partial charge in [0.15, 0.2) is 0 Å². The number of pyridine rings is 1. The highest BCUT2D eigenvalue weighted by molar-refractivity contribution is 7.80. The summed E-state index contributed by atoms with van der Waals surface area (Å²) in [5.74, 6) is -0.239. The number of hydrogen-bond donors (Lipinski definition) is 3. The average molecular weight is 498 g/mol. The van der Waals surface area contributed by atoms with Crippen molar-refractivity contribution in [1.29, 1.82) is 0 Å². The zero-order valence-corrected chi connectivity index (χ0v) is 20.7. The van der Waals surface area contributed by atoms with Crippen LogP contribution in [0.2, 0.25) is 0 Å². The number of carbonyl (C=O) groups excluding carboxylic acids is 2. The Morgan fingerprint density at radius 3 is 2.22 bits per heavy atom. The van der Waals surface area contributed by atoms with Crippen LogP contribution in [-0.4, -0.2) is 17.0 Å². The van der Waals surface area contributed by atoms with Gasteiger partial charge in [-0.3, -0.25) is 9.78 Å². The van der Waals surface area contributed by atoms with Crippen molar-refractivity contribution in [3.63, 3.8) is 0 Å². The number of ether oxygens (including phenoxy) is 1. The summed E-state index contributed by atoms with van der Waals surface area (Å²) in [6.45, 7) is 1.94. The van der Waals surface area contributed by atoms with E-state index in [1.54, 1.807) is 42.7 Å². The van der Waals surface area contributed by atoms with E-state index in [2.05, 4.69) is 28.2 Å². The molecule has 6 nitrogen and oxygen atoms in total. The first-order valence-corrected chi connectivity index (χ1v) is 12.1. The lowest BCUT2D eigenvalue weighted by Gasteiger charge is -2.22. The molecule has 2 atom stereocenters. The largest absolute Gasteiger partial charge is 0.441 e. The second kappa shape index (κ2) is 12.0. The quantitative estimate of drug-likeness (QED) is 0.240. The van der Waals surface area contributed by atoms with Gasteiger partial charge in [0.2, 0.25) is 0 Å². The van der Waals surface area contributed by atoms with Crippen molar-refractivity contribution in [2.45, 2.75) is 30.4 Å². The fraction of sp³-hybridized carbons (Fsp3) is 0.138. The van der Waals surface area contributed by atoms with Crippen molar-refractivity contribution in [1.82, 2.24) is 10.3 Å². The Labute approximate surface area is 216 Å². The van der Waals surface area contributed by atoms with Gasteiger partial charge in [-0.05, 0) is 53.4 Å². The molecule has 0 unspecified atom stereocenters. The number of benzene rings is 3. The van der Waals surface area contributed by atoms with Crippen molar-refractivity contribution in [3.8, 4) is 0 Å². The van der Waals surface area contributed by atoms with Crippen molar-refractivity contribution in [3.05, 3.63) is 126 Å². The van der Waals surface area contributed by atoms with Crippen LogP contribution in [0.15, 0.2) is 108 Å². The molecule has 1 aromatic heterocycles. The van der Waals surface area contributed by atoms with Gasteiger partial charge in [0.25, 0.3) is 5.91 Å². The number of hydrogen-bond acceptors (Lipinski definition) is 5. The van der Waals surface area contributed by atoms with Crippen LogP contribution < -0.4 is 10.6 Å². The lowest BCUT2D eigenvalue weighted by molar-refractivity contribution is 0.0930. The zero-order valence-electron chi connectivity index (χ0n) is 19.8. The molecule has 4 rings (SSSR count). The normalized spacial score (nSPS) is 12.3. The van der Waals surface area contributed by atoms with E-state index in [4.69, 9.17) is 4.74 Å².